The second-order valence-corrected chi connectivity index (χ2v) is 8.45. The summed E-state index contributed by atoms with van der Waals surface area (Å²) in [7, 11) is 0. The molecule has 146 valence electrons. The van der Waals surface area contributed by atoms with Crippen molar-refractivity contribution in [3.63, 3.8) is 0 Å². The van der Waals surface area contributed by atoms with Gasteiger partial charge in [-0.15, -0.1) is 10.2 Å². The zero-order valence-electron chi connectivity index (χ0n) is 14.8. The molecule has 0 aliphatic rings. The van der Waals surface area contributed by atoms with Crippen molar-refractivity contribution in [3.8, 4) is 5.75 Å². The van der Waals surface area contributed by atoms with Crippen LogP contribution in [0.2, 0.25) is 5.02 Å². The molecule has 0 saturated carbocycles. The summed E-state index contributed by atoms with van der Waals surface area (Å²) in [4.78, 5) is 0.855. The Morgan fingerprint density at radius 3 is 2.79 bits per heavy atom. The minimum Gasteiger partial charge on any atom is -0.491 e. The van der Waals surface area contributed by atoms with Crippen molar-refractivity contribution in [2.75, 3.05) is 25.6 Å². The van der Waals surface area contributed by atoms with Crippen LogP contribution in [0.4, 0.5) is 0 Å². The maximum absolute atomic E-state index is 10.2. The molecule has 0 aliphatic heterocycles. The fourth-order valence-electron chi connectivity index (χ4n) is 2.64. The predicted octanol–water partition coefficient (Wildman–Crippen LogP) is 4.15. The Labute approximate surface area is 175 Å². The molecule has 0 aliphatic carbocycles. The Morgan fingerprint density at radius 2 is 1.93 bits per heavy atom. The number of fused-ring (bicyclic) bond motifs is 3. The van der Waals surface area contributed by atoms with Crippen LogP contribution in [-0.4, -0.2) is 51.4 Å². The molecule has 2 heterocycles. The van der Waals surface area contributed by atoms with E-state index < -0.39 is 6.10 Å². The molecule has 1 atom stereocenters. The number of hydrogen-bond donors (Lipinski definition) is 1. The van der Waals surface area contributed by atoms with E-state index in [1.165, 1.54) is 16.5 Å². The first-order valence-corrected chi connectivity index (χ1v) is 10.9. The monoisotopic (exact) mass is 435 g/mol. The Bertz CT molecular complexity index is 1050. The first-order chi connectivity index (χ1) is 13.7. The fourth-order valence-corrected chi connectivity index (χ4v) is 4.64. The van der Waals surface area contributed by atoms with Gasteiger partial charge in [0.2, 0.25) is 4.96 Å². The predicted molar refractivity (Wildman–Crippen MR) is 113 cm³/mol. The van der Waals surface area contributed by atoms with Gasteiger partial charge in [-0.25, -0.2) is 0 Å². The molecule has 28 heavy (non-hydrogen) atoms. The average Bonchev–Trinajstić information content (AvgIpc) is 3.27. The first-order valence-electron chi connectivity index (χ1n) is 8.70. The lowest BCUT2D eigenvalue weighted by molar-refractivity contribution is 0.0348. The number of thiazole rings is 1. The number of nitrogens with zero attached hydrogens (tertiary/aromatic N) is 3. The highest BCUT2D eigenvalue weighted by molar-refractivity contribution is 7.99. The molecule has 0 saturated heterocycles. The van der Waals surface area contributed by atoms with Crippen LogP contribution in [0.1, 0.15) is 0 Å². The Hall–Kier alpha value is -1.84. The maximum Gasteiger partial charge on any atom is 0.217 e. The smallest absolute Gasteiger partial charge is 0.217 e. The van der Waals surface area contributed by atoms with Crippen molar-refractivity contribution in [1.29, 1.82) is 0 Å². The number of rotatable bonds is 9. The van der Waals surface area contributed by atoms with Gasteiger partial charge in [0.1, 0.15) is 12.4 Å². The molecule has 0 bridgehead atoms. The number of thioether (sulfide) groups is 1. The van der Waals surface area contributed by atoms with Crippen LogP contribution in [-0.2, 0) is 4.74 Å². The molecule has 9 heteroatoms. The summed E-state index contributed by atoms with van der Waals surface area (Å²) in [6.07, 6.45) is -0.599. The molecule has 2 aromatic carbocycles. The summed E-state index contributed by atoms with van der Waals surface area (Å²) in [6, 6.07) is 15.3. The van der Waals surface area contributed by atoms with E-state index in [4.69, 9.17) is 21.1 Å². The third kappa shape index (κ3) is 4.59. The highest BCUT2D eigenvalue weighted by Crippen LogP contribution is 2.29. The minimum absolute atomic E-state index is 0.239. The van der Waals surface area contributed by atoms with Crippen LogP contribution in [0, 0.1) is 0 Å². The number of para-hydroxylation sites is 1. The maximum atomic E-state index is 10.2. The third-order valence-corrected chi connectivity index (χ3v) is 6.27. The second-order valence-electron chi connectivity index (χ2n) is 6.01. The zero-order chi connectivity index (χ0) is 19.3. The quantitative estimate of drug-likeness (QED) is 0.314. The fraction of sp³-hybridized carbons (Fsp3) is 0.263. The van der Waals surface area contributed by atoms with Gasteiger partial charge < -0.3 is 14.6 Å². The summed E-state index contributed by atoms with van der Waals surface area (Å²) >= 11 is 8.90. The summed E-state index contributed by atoms with van der Waals surface area (Å²) in [5, 5.41) is 20.1. The van der Waals surface area contributed by atoms with E-state index in [0.717, 1.165) is 21.4 Å². The van der Waals surface area contributed by atoms with Gasteiger partial charge in [0.05, 0.1) is 29.5 Å². The van der Waals surface area contributed by atoms with Crippen LogP contribution < -0.4 is 4.74 Å². The molecule has 0 fully saturated rings. The van der Waals surface area contributed by atoms with Crippen molar-refractivity contribution in [2.24, 2.45) is 0 Å². The van der Waals surface area contributed by atoms with Gasteiger partial charge in [0.15, 0.2) is 5.16 Å². The summed E-state index contributed by atoms with van der Waals surface area (Å²) < 4.78 is 14.2. The number of aromatic nitrogens is 3. The van der Waals surface area contributed by atoms with Crippen LogP contribution in [0.15, 0.2) is 53.7 Å². The summed E-state index contributed by atoms with van der Waals surface area (Å²) in [5.41, 5.74) is 1.08. The van der Waals surface area contributed by atoms with E-state index in [1.807, 2.05) is 22.6 Å². The van der Waals surface area contributed by atoms with E-state index in [1.54, 1.807) is 35.6 Å². The van der Waals surface area contributed by atoms with Crippen molar-refractivity contribution in [3.05, 3.63) is 53.6 Å². The molecule has 0 radical (unpaired) electrons. The largest absolute Gasteiger partial charge is 0.491 e. The van der Waals surface area contributed by atoms with Gasteiger partial charge in [-0.05, 0) is 36.4 Å². The van der Waals surface area contributed by atoms with Gasteiger partial charge >= 0.3 is 0 Å². The minimum atomic E-state index is -0.599. The molecule has 2 aromatic heterocycles. The SMILES string of the molecule is OC(COCCOc1ccc(Cl)cc1)CSc1nnc2sc3ccccc3n12. The molecule has 6 nitrogen and oxygen atoms in total. The molecule has 0 amide bonds. The number of benzene rings is 2. The zero-order valence-corrected chi connectivity index (χ0v) is 17.2. The van der Waals surface area contributed by atoms with Gasteiger partial charge in [-0.3, -0.25) is 4.40 Å². The van der Waals surface area contributed by atoms with E-state index in [-0.39, 0.29) is 6.61 Å². The number of aliphatic hydroxyl groups is 1. The Morgan fingerprint density at radius 1 is 1.11 bits per heavy atom. The first kappa shape index (κ1) is 19.5. The molecule has 4 aromatic rings. The lowest BCUT2D eigenvalue weighted by atomic mass is 10.3. The van der Waals surface area contributed by atoms with Crippen LogP contribution in [0.25, 0.3) is 15.2 Å². The number of hydrogen-bond acceptors (Lipinski definition) is 7. The molecule has 1 unspecified atom stereocenters. The van der Waals surface area contributed by atoms with Crippen LogP contribution >= 0.6 is 34.7 Å². The molecule has 0 spiro atoms. The van der Waals surface area contributed by atoms with Crippen molar-refractivity contribution in [1.82, 2.24) is 14.6 Å². The van der Waals surface area contributed by atoms with Crippen molar-refractivity contribution >= 4 is 49.9 Å². The third-order valence-electron chi connectivity index (χ3n) is 3.94. The van der Waals surface area contributed by atoms with E-state index in [2.05, 4.69) is 16.3 Å². The standard InChI is InChI=1S/C19H18ClN3O3S2/c20-13-5-7-15(8-6-13)26-10-9-25-11-14(24)12-27-18-21-22-19-23(18)16-3-1-2-4-17(16)28-19/h1-8,14,24H,9-12H2. The lowest BCUT2D eigenvalue weighted by Gasteiger charge is -2.11. The molecule has 4 rings (SSSR count). The highest BCUT2D eigenvalue weighted by atomic mass is 35.5. The lowest BCUT2D eigenvalue weighted by Crippen LogP contribution is -2.20. The average molecular weight is 436 g/mol. The van der Waals surface area contributed by atoms with Gasteiger partial charge in [0, 0.05) is 10.8 Å². The summed E-state index contributed by atoms with van der Waals surface area (Å²) in [5.74, 6) is 1.21. The van der Waals surface area contributed by atoms with E-state index in [9.17, 15) is 5.11 Å². The normalized spacial score (nSPS) is 12.6. The second kappa shape index (κ2) is 9.11. The topological polar surface area (TPSA) is 68.9 Å². The van der Waals surface area contributed by atoms with Crippen LogP contribution in [0.3, 0.4) is 0 Å². The number of halogens is 1. The molecular weight excluding hydrogens is 418 g/mol. The van der Waals surface area contributed by atoms with Crippen LogP contribution in [0.5, 0.6) is 5.75 Å². The highest BCUT2D eigenvalue weighted by Gasteiger charge is 2.14. The van der Waals surface area contributed by atoms with E-state index in [0.29, 0.717) is 24.0 Å². The summed E-state index contributed by atoms with van der Waals surface area (Å²) in [6.45, 7) is 1.05. The molecule has 1 N–H and O–H groups in total. The van der Waals surface area contributed by atoms with E-state index >= 15 is 0 Å². The van der Waals surface area contributed by atoms with Crippen molar-refractivity contribution < 1.29 is 14.6 Å². The van der Waals surface area contributed by atoms with Gasteiger partial charge in [-0.1, -0.05) is 46.8 Å². The Balaban J connectivity index is 1.22. The van der Waals surface area contributed by atoms with Gasteiger partial charge in [-0.2, -0.15) is 0 Å². The molecular formula is C19H18ClN3O3S2. The number of aliphatic hydroxyl groups excluding tert-OH is 1. The number of ether oxygens (including phenoxy) is 2. The van der Waals surface area contributed by atoms with Gasteiger partial charge in [0.25, 0.3) is 0 Å². The Kier molecular flexibility index (Phi) is 6.33. The van der Waals surface area contributed by atoms with Crippen molar-refractivity contribution in [2.45, 2.75) is 11.3 Å².